The lowest BCUT2D eigenvalue weighted by Crippen LogP contribution is -2.27. The van der Waals surface area contributed by atoms with Crippen LogP contribution in [0.3, 0.4) is 0 Å². The van der Waals surface area contributed by atoms with Crippen molar-refractivity contribution in [3.05, 3.63) is 94.0 Å². The van der Waals surface area contributed by atoms with Crippen LogP contribution in [0.25, 0.3) is 0 Å². The third kappa shape index (κ3) is 5.62. The summed E-state index contributed by atoms with van der Waals surface area (Å²) < 4.78 is 5.95. The molecule has 30 heavy (non-hydrogen) atoms. The fourth-order valence-electron chi connectivity index (χ4n) is 2.92. The average molecular weight is 442 g/mol. The molecule has 6 heteroatoms. The number of ketones is 1. The number of hydrogen-bond donors (Lipinski definition) is 1. The van der Waals surface area contributed by atoms with Crippen molar-refractivity contribution < 1.29 is 14.3 Å². The Balaban J connectivity index is 1.67. The Bertz CT molecular complexity index is 1020. The van der Waals surface area contributed by atoms with Gasteiger partial charge in [-0.25, -0.2) is 0 Å². The Morgan fingerprint density at radius 1 is 0.900 bits per heavy atom. The van der Waals surface area contributed by atoms with Gasteiger partial charge in [0.2, 0.25) is 5.78 Å². The molecular formula is C24H21Cl2NO3. The third-order valence-electron chi connectivity index (χ3n) is 4.47. The zero-order valence-electron chi connectivity index (χ0n) is 16.4. The fraction of sp³-hybridized carbons (Fsp3) is 0.167. The summed E-state index contributed by atoms with van der Waals surface area (Å²) in [7, 11) is 0. The van der Waals surface area contributed by atoms with Gasteiger partial charge in [0.25, 0.3) is 5.91 Å². The molecule has 3 rings (SSSR count). The number of halogens is 2. The van der Waals surface area contributed by atoms with Crippen molar-refractivity contribution in [3.63, 3.8) is 0 Å². The molecule has 0 aliphatic carbocycles. The van der Waals surface area contributed by atoms with Crippen LogP contribution in [-0.4, -0.2) is 17.8 Å². The maximum absolute atomic E-state index is 12.8. The highest BCUT2D eigenvalue weighted by atomic mass is 35.5. The van der Waals surface area contributed by atoms with Crippen molar-refractivity contribution in [2.45, 2.75) is 25.9 Å². The topological polar surface area (TPSA) is 55.4 Å². The summed E-state index contributed by atoms with van der Waals surface area (Å²) in [4.78, 5) is 25.1. The highest BCUT2D eigenvalue weighted by Crippen LogP contribution is 2.24. The summed E-state index contributed by atoms with van der Waals surface area (Å²) in [6.45, 7) is 2.01. The summed E-state index contributed by atoms with van der Waals surface area (Å²) in [5.74, 6) is 0.213. The van der Waals surface area contributed by atoms with E-state index in [2.05, 4.69) is 5.32 Å². The first-order chi connectivity index (χ1) is 14.5. The average Bonchev–Trinajstić information content (AvgIpc) is 2.76. The summed E-state index contributed by atoms with van der Waals surface area (Å²) >= 11 is 11.9. The number of ether oxygens (including phenoxy) is 1. The maximum Gasteiger partial charge on any atom is 0.255 e. The second-order valence-electron chi connectivity index (χ2n) is 6.73. The molecule has 0 aromatic heterocycles. The molecule has 1 unspecified atom stereocenters. The van der Waals surface area contributed by atoms with E-state index >= 15 is 0 Å². The number of carbonyl (C=O) groups excluding carboxylic acids is 2. The predicted octanol–water partition coefficient (Wildman–Crippen LogP) is 6.68. The Hall–Kier alpha value is -2.82. The Labute approximate surface area is 185 Å². The fourth-order valence-corrected chi connectivity index (χ4v) is 3.21. The van der Waals surface area contributed by atoms with Crippen LogP contribution in [0.1, 0.15) is 40.5 Å². The molecule has 0 bridgehead atoms. The second-order valence-corrected chi connectivity index (χ2v) is 7.55. The summed E-state index contributed by atoms with van der Waals surface area (Å²) in [6.07, 6.45) is 0.874. The lowest BCUT2D eigenvalue weighted by atomic mass is 10.0. The minimum absolute atomic E-state index is 0.0468. The van der Waals surface area contributed by atoms with Crippen molar-refractivity contribution in [2.75, 3.05) is 5.32 Å². The zero-order chi connectivity index (χ0) is 21.5. The van der Waals surface area contributed by atoms with E-state index in [1.165, 1.54) is 6.07 Å². The highest BCUT2D eigenvalue weighted by Gasteiger charge is 2.21. The van der Waals surface area contributed by atoms with Gasteiger partial charge >= 0.3 is 0 Å². The first kappa shape index (κ1) is 21.9. The monoisotopic (exact) mass is 441 g/mol. The standard InChI is InChI=1S/C24H21Cl2NO3/c1-2-6-22(23(28)16-7-4-3-5-8-16)30-19-12-10-18(11-13-19)27-24(29)17-9-14-20(25)21(26)15-17/h3-5,7-15,22H,2,6H2,1H3,(H,27,29). The molecule has 1 amide bonds. The molecule has 0 spiro atoms. The molecule has 0 aliphatic heterocycles. The molecule has 1 atom stereocenters. The number of rotatable bonds is 8. The number of hydrogen-bond acceptors (Lipinski definition) is 3. The third-order valence-corrected chi connectivity index (χ3v) is 5.21. The Morgan fingerprint density at radius 2 is 1.60 bits per heavy atom. The molecule has 0 saturated heterocycles. The molecule has 0 aliphatic rings. The van der Waals surface area contributed by atoms with Gasteiger partial charge in [-0.3, -0.25) is 9.59 Å². The summed E-state index contributed by atoms with van der Waals surface area (Å²) in [6, 6.07) is 20.7. The van der Waals surface area contributed by atoms with Crippen molar-refractivity contribution in [1.29, 1.82) is 0 Å². The molecule has 4 nitrogen and oxygen atoms in total. The quantitative estimate of drug-likeness (QED) is 0.396. The molecule has 1 N–H and O–H groups in total. The first-order valence-electron chi connectivity index (χ1n) is 9.60. The van der Waals surface area contributed by atoms with Crippen LogP contribution < -0.4 is 10.1 Å². The smallest absolute Gasteiger partial charge is 0.255 e. The second kappa shape index (κ2) is 10.3. The van der Waals surface area contributed by atoms with E-state index in [-0.39, 0.29) is 11.7 Å². The van der Waals surface area contributed by atoms with E-state index in [1.807, 2.05) is 25.1 Å². The number of benzene rings is 3. The van der Waals surface area contributed by atoms with Gasteiger partial charge in [-0.05, 0) is 48.9 Å². The van der Waals surface area contributed by atoms with E-state index in [0.29, 0.717) is 39.0 Å². The number of Topliss-reactive ketones (excluding diaryl/α,β-unsaturated/α-hetero) is 1. The van der Waals surface area contributed by atoms with Crippen LogP contribution in [0, 0.1) is 0 Å². The molecule has 3 aromatic rings. The predicted molar refractivity (Wildman–Crippen MR) is 121 cm³/mol. The van der Waals surface area contributed by atoms with Gasteiger partial charge in [-0.1, -0.05) is 66.9 Å². The minimum Gasteiger partial charge on any atom is -0.482 e. The Kier molecular flexibility index (Phi) is 7.50. The number of anilines is 1. The van der Waals surface area contributed by atoms with Gasteiger partial charge in [-0.2, -0.15) is 0 Å². The van der Waals surface area contributed by atoms with Crippen molar-refractivity contribution in [1.82, 2.24) is 0 Å². The normalized spacial score (nSPS) is 11.6. The van der Waals surface area contributed by atoms with Crippen molar-refractivity contribution >= 4 is 40.6 Å². The van der Waals surface area contributed by atoms with Crippen molar-refractivity contribution in [2.24, 2.45) is 0 Å². The maximum atomic E-state index is 12.8. The van der Waals surface area contributed by atoms with Crippen LogP contribution in [0.4, 0.5) is 5.69 Å². The summed E-state index contributed by atoms with van der Waals surface area (Å²) in [5, 5.41) is 3.50. The molecule has 0 heterocycles. The number of amides is 1. The van der Waals surface area contributed by atoms with E-state index in [9.17, 15) is 9.59 Å². The molecule has 0 fully saturated rings. The molecule has 3 aromatic carbocycles. The van der Waals surface area contributed by atoms with Crippen LogP contribution >= 0.6 is 23.2 Å². The first-order valence-corrected chi connectivity index (χ1v) is 10.4. The van der Waals surface area contributed by atoms with Gasteiger partial charge in [0, 0.05) is 16.8 Å². The molecule has 0 saturated carbocycles. The largest absolute Gasteiger partial charge is 0.482 e. The van der Waals surface area contributed by atoms with Gasteiger partial charge in [0.15, 0.2) is 6.10 Å². The van der Waals surface area contributed by atoms with Gasteiger partial charge in [-0.15, -0.1) is 0 Å². The number of carbonyl (C=O) groups is 2. The highest BCUT2D eigenvalue weighted by molar-refractivity contribution is 6.42. The van der Waals surface area contributed by atoms with E-state index in [4.69, 9.17) is 27.9 Å². The van der Waals surface area contributed by atoms with E-state index < -0.39 is 6.10 Å². The van der Waals surface area contributed by atoms with Gasteiger partial charge in [0.1, 0.15) is 5.75 Å². The van der Waals surface area contributed by atoms with E-state index in [0.717, 1.165) is 6.42 Å². The van der Waals surface area contributed by atoms with Gasteiger partial charge < -0.3 is 10.1 Å². The lowest BCUT2D eigenvalue weighted by Gasteiger charge is -2.18. The SMILES string of the molecule is CCCC(Oc1ccc(NC(=O)c2ccc(Cl)c(Cl)c2)cc1)C(=O)c1ccccc1. The van der Waals surface area contributed by atoms with Gasteiger partial charge in [0.05, 0.1) is 10.0 Å². The van der Waals surface area contributed by atoms with Crippen molar-refractivity contribution in [3.8, 4) is 5.75 Å². The number of nitrogens with one attached hydrogen (secondary N) is 1. The van der Waals surface area contributed by atoms with Crippen LogP contribution in [-0.2, 0) is 0 Å². The van der Waals surface area contributed by atoms with E-state index in [1.54, 1.807) is 48.5 Å². The van der Waals surface area contributed by atoms with Crippen LogP contribution in [0.5, 0.6) is 5.75 Å². The minimum atomic E-state index is -0.561. The molecule has 0 radical (unpaired) electrons. The molecule has 154 valence electrons. The Morgan fingerprint density at radius 3 is 2.23 bits per heavy atom. The van der Waals surface area contributed by atoms with Crippen LogP contribution in [0.2, 0.25) is 10.0 Å². The lowest BCUT2D eigenvalue weighted by molar-refractivity contribution is 0.0777. The molecular weight excluding hydrogens is 421 g/mol. The summed E-state index contributed by atoms with van der Waals surface area (Å²) in [5.41, 5.74) is 1.63. The zero-order valence-corrected chi connectivity index (χ0v) is 17.9. The van der Waals surface area contributed by atoms with Crippen LogP contribution in [0.15, 0.2) is 72.8 Å².